The molecule has 0 amide bonds. The molecular formula is C11H24N2O2. The van der Waals surface area contributed by atoms with E-state index in [-0.39, 0.29) is 19.3 Å². The highest BCUT2D eigenvalue weighted by Gasteiger charge is 2.16. The van der Waals surface area contributed by atoms with Gasteiger partial charge in [-0.2, -0.15) is 0 Å². The maximum Gasteiger partial charge on any atom is 0.0607 e. The Kier molecular flexibility index (Phi) is 6.17. The normalized spacial score (nSPS) is 23.6. The maximum atomic E-state index is 8.87. The summed E-state index contributed by atoms with van der Waals surface area (Å²) in [6.45, 7) is 3.33. The zero-order valence-corrected chi connectivity index (χ0v) is 9.65. The molecule has 0 radical (unpaired) electrons. The van der Waals surface area contributed by atoms with Gasteiger partial charge in [-0.25, -0.2) is 0 Å². The second kappa shape index (κ2) is 7.17. The Morgan fingerprint density at radius 1 is 1.40 bits per heavy atom. The molecule has 1 rings (SSSR count). The predicted octanol–water partition coefficient (Wildman–Crippen LogP) is -0.339. The Hall–Kier alpha value is -0.160. The quantitative estimate of drug-likeness (QED) is 0.569. The average Bonchev–Trinajstić information content (AvgIpc) is 2.25. The summed E-state index contributed by atoms with van der Waals surface area (Å²) in [5, 5.41) is 20.9. The number of nitrogens with zero attached hydrogens (tertiary/aromatic N) is 1. The van der Waals surface area contributed by atoms with Crippen molar-refractivity contribution in [3.63, 3.8) is 0 Å². The highest BCUT2D eigenvalue weighted by Crippen LogP contribution is 2.17. The Morgan fingerprint density at radius 3 is 2.73 bits per heavy atom. The highest BCUT2D eigenvalue weighted by molar-refractivity contribution is 4.72. The lowest BCUT2D eigenvalue weighted by atomic mass is 9.95. The summed E-state index contributed by atoms with van der Waals surface area (Å²) >= 11 is 0. The molecule has 3 N–H and O–H groups in total. The molecule has 15 heavy (non-hydrogen) atoms. The van der Waals surface area contributed by atoms with Crippen LogP contribution in [0.25, 0.3) is 0 Å². The molecule has 0 saturated carbocycles. The lowest BCUT2D eigenvalue weighted by Crippen LogP contribution is -2.38. The number of piperidine rings is 1. The molecule has 1 unspecified atom stereocenters. The Morgan fingerprint density at radius 2 is 2.13 bits per heavy atom. The summed E-state index contributed by atoms with van der Waals surface area (Å²) in [5.41, 5.74) is 0. The first kappa shape index (κ1) is 12.9. The van der Waals surface area contributed by atoms with Crippen LogP contribution in [-0.2, 0) is 0 Å². The molecule has 1 atom stereocenters. The Labute approximate surface area is 92.3 Å². The minimum Gasteiger partial charge on any atom is -0.395 e. The number of rotatable bonds is 6. The second-order valence-electron chi connectivity index (χ2n) is 4.58. The minimum absolute atomic E-state index is 0.0149. The minimum atomic E-state index is -0.147. The fourth-order valence-corrected chi connectivity index (χ4v) is 2.19. The fraction of sp³-hybridized carbons (Fsp3) is 1.00. The van der Waals surface area contributed by atoms with Crippen molar-refractivity contribution in [2.45, 2.75) is 25.3 Å². The van der Waals surface area contributed by atoms with Gasteiger partial charge in [0.05, 0.1) is 19.3 Å². The smallest absolute Gasteiger partial charge is 0.0607 e. The van der Waals surface area contributed by atoms with Crippen LogP contribution >= 0.6 is 0 Å². The van der Waals surface area contributed by atoms with Crippen LogP contribution in [-0.4, -0.2) is 61.1 Å². The third-order valence-electron chi connectivity index (χ3n) is 3.15. The van der Waals surface area contributed by atoms with E-state index in [0.29, 0.717) is 0 Å². The van der Waals surface area contributed by atoms with Crippen LogP contribution in [0.1, 0.15) is 19.3 Å². The number of aliphatic hydroxyl groups excluding tert-OH is 2. The molecule has 1 aliphatic rings. The summed E-state index contributed by atoms with van der Waals surface area (Å²) in [6, 6.07) is -0.147. The molecular weight excluding hydrogens is 192 g/mol. The van der Waals surface area contributed by atoms with Gasteiger partial charge in [-0.05, 0) is 45.3 Å². The van der Waals surface area contributed by atoms with Crippen molar-refractivity contribution in [2.24, 2.45) is 5.92 Å². The zero-order chi connectivity index (χ0) is 11.1. The maximum absolute atomic E-state index is 8.87. The van der Waals surface area contributed by atoms with Gasteiger partial charge in [0.1, 0.15) is 0 Å². The van der Waals surface area contributed by atoms with Gasteiger partial charge in [0.25, 0.3) is 0 Å². The fourth-order valence-electron chi connectivity index (χ4n) is 2.19. The van der Waals surface area contributed by atoms with E-state index in [1.165, 1.54) is 25.9 Å². The standard InChI is InChI=1S/C11H24N2O2/c1-13-6-2-3-10(7-13)4-5-12-11(8-14)9-15/h10-12,14-15H,2-9H2,1H3. The molecule has 1 saturated heterocycles. The number of aliphatic hydroxyl groups is 2. The third-order valence-corrected chi connectivity index (χ3v) is 3.15. The molecule has 4 heteroatoms. The van der Waals surface area contributed by atoms with Crippen molar-refractivity contribution in [2.75, 3.05) is 39.9 Å². The molecule has 0 bridgehead atoms. The van der Waals surface area contributed by atoms with Crippen LogP contribution in [0.4, 0.5) is 0 Å². The van der Waals surface area contributed by atoms with Crippen LogP contribution in [0, 0.1) is 5.92 Å². The lowest BCUT2D eigenvalue weighted by molar-refractivity contribution is 0.163. The number of hydrogen-bond donors (Lipinski definition) is 3. The van der Waals surface area contributed by atoms with Crippen molar-refractivity contribution in [1.29, 1.82) is 0 Å². The highest BCUT2D eigenvalue weighted by atomic mass is 16.3. The monoisotopic (exact) mass is 216 g/mol. The molecule has 0 aliphatic carbocycles. The van der Waals surface area contributed by atoms with Gasteiger partial charge in [0.15, 0.2) is 0 Å². The van der Waals surface area contributed by atoms with Gasteiger partial charge >= 0.3 is 0 Å². The van der Waals surface area contributed by atoms with E-state index in [0.717, 1.165) is 18.9 Å². The molecule has 0 spiro atoms. The van der Waals surface area contributed by atoms with E-state index in [4.69, 9.17) is 10.2 Å². The van der Waals surface area contributed by atoms with E-state index in [2.05, 4.69) is 17.3 Å². The van der Waals surface area contributed by atoms with Crippen LogP contribution in [0.3, 0.4) is 0 Å². The summed E-state index contributed by atoms with van der Waals surface area (Å²) in [7, 11) is 2.17. The molecule has 90 valence electrons. The molecule has 0 aromatic rings. The first-order chi connectivity index (χ1) is 7.26. The first-order valence-corrected chi connectivity index (χ1v) is 5.90. The van der Waals surface area contributed by atoms with Gasteiger partial charge in [-0.1, -0.05) is 0 Å². The zero-order valence-electron chi connectivity index (χ0n) is 9.65. The molecule has 1 fully saturated rings. The Bertz CT molecular complexity index is 163. The van der Waals surface area contributed by atoms with Crippen LogP contribution < -0.4 is 5.32 Å². The van der Waals surface area contributed by atoms with Gasteiger partial charge in [0.2, 0.25) is 0 Å². The van der Waals surface area contributed by atoms with E-state index in [9.17, 15) is 0 Å². The van der Waals surface area contributed by atoms with Gasteiger partial charge in [-0.3, -0.25) is 0 Å². The van der Waals surface area contributed by atoms with Gasteiger partial charge in [0, 0.05) is 6.54 Å². The first-order valence-electron chi connectivity index (χ1n) is 5.90. The second-order valence-corrected chi connectivity index (χ2v) is 4.58. The number of likely N-dealkylation sites (tertiary alicyclic amines) is 1. The molecule has 0 aromatic heterocycles. The van der Waals surface area contributed by atoms with E-state index in [1.807, 2.05) is 0 Å². The van der Waals surface area contributed by atoms with Gasteiger partial charge in [-0.15, -0.1) is 0 Å². The van der Waals surface area contributed by atoms with Crippen LogP contribution in [0.5, 0.6) is 0 Å². The lowest BCUT2D eigenvalue weighted by Gasteiger charge is -2.30. The van der Waals surface area contributed by atoms with Crippen molar-refractivity contribution in [3.8, 4) is 0 Å². The van der Waals surface area contributed by atoms with E-state index < -0.39 is 0 Å². The van der Waals surface area contributed by atoms with E-state index in [1.54, 1.807) is 0 Å². The van der Waals surface area contributed by atoms with Crippen LogP contribution in [0.2, 0.25) is 0 Å². The SMILES string of the molecule is CN1CCCC(CCNC(CO)CO)C1. The topological polar surface area (TPSA) is 55.7 Å². The third kappa shape index (κ3) is 4.93. The summed E-state index contributed by atoms with van der Waals surface area (Å²) in [5.74, 6) is 0.772. The van der Waals surface area contributed by atoms with Crippen molar-refractivity contribution in [3.05, 3.63) is 0 Å². The number of hydrogen-bond acceptors (Lipinski definition) is 4. The molecule has 1 aliphatic heterocycles. The largest absolute Gasteiger partial charge is 0.395 e. The predicted molar refractivity (Wildman–Crippen MR) is 60.8 cm³/mol. The molecule has 1 heterocycles. The number of nitrogens with one attached hydrogen (secondary N) is 1. The van der Waals surface area contributed by atoms with Crippen molar-refractivity contribution < 1.29 is 10.2 Å². The molecule has 4 nitrogen and oxygen atoms in total. The summed E-state index contributed by atoms with van der Waals surface area (Å²) in [6.07, 6.45) is 3.75. The van der Waals surface area contributed by atoms with Gasteiger partial charge < -0.3 is 20.4 Å². The summed E-state index contributed by atoms with van der Waals surface area (Å²) < 4.78 is 0. The van der Waals surface area contributed by atoms with E-state index >= 15 is 0 Å². The van der Waals surface area contributed by atoms with Crippen LogP contribution in [0.15, 0.2) is 0 Å². The molecule has 0 aromatic carbocycles. The Balaban J connectivity index is 2.08. The average molecular weight is 216 g/mol. The van der Waals surface area contributed by atoms with Crippen molar-refractivity contribution >= 4 is 0 Å². The van der Waals surface area contributed by atoms with Crippen molar-refractivity contribution in [1.82, 2.24) is 10.2 Å². The summed E-state index contributed by atoms with van der Waals surface area (Å²) in [4.78, 5) is 2.38.